The molecule has 1 saturated heterocycles. The Bertz CT molecular complexity index is 730. The number of aryl methyl sites for hydroxylation is 2. The first kappa shape index (κ1) is 19.9. The lowest BCUT2D eigenvalue weighted by Gasteiger charge is -2.31. The zero-order valence-electron chi connectivity index (χ0n) is 17.8. The van der Waals surface area contributed by atoms with Crippen LogP contribution in [-0.2, 0) is 13.1 Å². The van der Waals surface area contributed by atoms with Crippen LogP contribution in [-0.4, -0.2) is 61.2 Å². The van der Waals surface area contributed by atoms with E-state index in [-0.39, 0.29) is 0 Å². The molecule has 2 aromatic heterocycles. The number of aromatic nitrogens is 5. The van der Waals surface area contributed by atoms with Gasteiger partial charge in [-0.05, 0) is 60.5 Å². The normalized spacial score (nSPS) is 15.1. The minimum atomic E-state index is 0.524. The number of hydrogen-bond donors (Lipinski definition) is 0. The molecule has 3 heterocycles. The molecule has 2 aromatic rings. The number of nitrogens with zero attached hydrogens (tertiary/aromatic N) is 7. The first-order valence-corrected chi connectivity index (χ1v) is 10.3. The van der Waals surface area contributed by atoms with Gasteiger partial charge in [-0.3, -0.25) is 14.1 Å². The maximum absolute atomic E-state index is 4.62. The molecule has 0 spiro atoms. The van der Waals surface area contributed by atoms with Crippen molar-refractivity contribution in [2.45, 2.75) is 79.6 Å². The van der Waals surface area contributed by atoms with Crippen LogP contribution in [0.5, 0.6) is 0 Å². The molecule has 3 rings (SSSR count). The van der Waals surface area contributed by atoms with E-state index in [9.17, 15) is 0 Å². The molecule has 0 unspecified atom stereocenters. The van der Waals surface area contributed by atoms with Crippen molar-refractivity contribution in [1.82, 2.24) is 29.4 Å². The van der Waals surface area contributed by atoms with E-state index in [2.05, 4.69) is 70.3 Å². The minimum absolute atomic E-state index is 0.524. The van der Waals surface area contributed by atoms with Gasteiger partial charge in [0.05, 0.1) is 5.69 Å². The molecule has 7 nitrogen and oxygen atoms in total. The van der Waals surface area contributed by atoms with Crippen LogP contribution in [0.1, 0.15) is 57.7 Å². The lowest BCUT2D eigenvalue weighted by Crippen LogP contribution is -2.39. The molecule has 0 N–H and O–H groups in total. The minimum Gasteiger partial charge on any atom is -0.341 e. The summed E-state index contributed by atoms with van der Waals surface area (Å²) in [6, 6.07) is 3.16. The van der Waals surface area contributed by atoms with Crippen LogP contribution in [0.25, 0.3) is 0 Å². The van der Waals surface area contributed by atoms with E-state index in [1.54, 1.807) is 0 Å². The Morgan fingerprint density at radius 1 is 1.04 bits per heavy atom. The van der Waals surface area contributed by atoms with Crippen LogP contribution in [0.4, 0.5) is 5.95 Å². The summed E-state index contributed by atoms with van der Waals surface area (Å²) in [7, 11) is 0. The molecular weight excluding hydrogens is 338 g/mol. The van der Waals surface area contributed by atoms with Crippen LogP contribution in [0.2, 0.25) is 0 Å². The standard InChI is InChI=1S/C20H35N7/c1-15(2)25(16(3)4)11-12-26-19(14-27-18(6)13-17(5)23-27)21-22-20(26)24-9-7-8-10-24/h13,15-16H,7-12,14H2,1-6H3. The van der Waals surface area contributed by atoms with Crippen LogP contribution >= 0.6 is 0 Å². The molecule has 27 heavy (non-hydrogen) atoms. The number of anilines is 1. The van der Waals surface area contributed by atoms with E-state index in [4.69, 9.17) is 0 Å². The summed E-state index contributed by atoms with van der Waals surface area (Å²) in [6.07, 6.45) is 2.48. The van der Waals surface area contributed by atoms with Gasteiger partial charge in [0, 0.05) is 44.0 Å². The van der Waals surface area contributed by atoms with E-state index in [0.717, 1.165) is 49.3 Å². The van der Waals surface area contributed by atoms with Gasteiger partial charge in [-0.25, -0.2) is 0 Å². The molecule has 0 radical (unpaired) electrons. The lowest BCUT2D eigenvalue weighted by atomic mass is 10.2. The molecule has 0 aliphatic carbocycles. The Labute approximate surface area is 163 Å². The largest absolute Gasteiger partial charge is 0.341 e. The van der Waals surface area contributed by atoms with Gasteiger partial charge < -0.3 is 4.90 Å². The van der Waals surface area contributed by atoms with Crippen molar-refractivity contribution in [3.8, 4) is 0 Å². The van der Waals surface area contributed by atoms with Gasteiger partial charge in [0.1, 0.15) is 6.54 Å². The molecule has 150 valence electrons. The monoisotopic (exact) mass is 373 g/mol. The molecule has 0 aromatic carbocycles. The highest BCUT2D eigenvalue weighted by Gasteiger charge is 2.23. The molecule has 1 fully saturated rings. The first-order chi connectivity index (χ1) is 12.9. The predicted octanol–water partition coefficient (Wildman–Crippen LogP) is 2.86. The third-order valence-corrected chi connectivity index (χ3v) is 5.50. The topological polar surface area (TPSA) is 55.0 Å². The quantitative estimate of drug-likeness (QED) is 0.712. The van der Waals surface area contributed by atoms with Gasteiger partial charge in [-0.2, -0.15) is 5.10 Å². The number of hydrogen-bond acceptors (Lipinski definition) is 5. The molecule has 0 bridgehead atoms. The summed E-state index contributed by atoms with van der Waals surface area (Å²) in [6.45, 7) is 17.9. The third-order valence-electron chi connectivity index (χ3n) is 5.50. The van der Waals surface area contributed by atoms with Crippen LogP contribution in [0.3, 0.4) is 0 Å². The second kappa shape index (κ2) is 8.42. The number of rotatable bonds is 8. The fraction of sp³-hybridized carbons (Fsp3) is 0.750. The van der Waals surface area contributed by atoms with Gasteiger partial charge in [0.2, 0.25) is 5.95 Å². The zero-order chi connectivity index (χ0) is 19.6. The SMILES string of the molecule is Cc1cc(C)n(Cc2nnc(N3CCCC3)n2CCN(C(C)C)C(C)C)n1. The van der Waals surface area contributed by atoms with E-state index in [0.29, 0.717) is 18.6 Å². The van der Waals surface area contributed by atoms with E-state index < -0.39 is 0 Å². The summed E-state index contributed by atoms with van der Waals surface area (Å²) in [5, 5.41) is 13.8. The van der Waals surface area contributed by atoms with E-state index in [1.807, 2.05) is 11.6 Å². The van der Waals surface area contributed by atoms with E-state index >= 15 is 0 Å². The van der Waals surface area contributed by atoms with Crippen LogP contribution < -0.4 is 4.90 Å². The van der Waals surface area contributed by atoms with Gasteiger partial charge >= 0.3 is 0 Å². The van der Waals surface area contributed by atoms with Crippen molar-refractivity contribution in [3.05, 3.63) is 23.3 Å². The molecule has 0 atom stereocenters. The highest BCUT2D eigenvalue weighted by molar-refractivity contribution is 5.32. The molecule has 7 heteroatoms. The highest BCUT2D eigenvalue weighted by atomic mass is 15.4. The van der Waals surface area contributed by atoms with Gasteiger partial charge in [-0.15, -0.1) is 10.2 Å². The fourth-order valence-electron chi connectivity index (χ4n) is 4.12. The molecule has 1 aliphatic rings. The van der Waals surface area contributed by atoms with Crippen LogP contribution in [0, 0.1) is 13.8 Å². The Kier molecular flexibility index (Phi) is 6.19. The Hall–Kier alpha value is -1.89. The van der Waals surface area contributed by atoms with Crippen molar-refractivity contribution in [2.24, 2.45) is 0 Å². The van der Waals surface area contributed by atoms with Crippen molar-refractivity contribution in [2.75, 3.05) is 24.5 Å². The Morgan fingerprint density at radius 2 is 1.70 bits per heavy atom. The van der Waals surface area contributed by atoms with Gasteiger partial charge in [-0.1, -0.05) is 0 Å². The third kappa shape index (κ3) is 4.51. The van der Waals surface area contributed by atoms with Crippen molar-refractivity contribution < 1.29 is 0 Å². The summed E-state index contributed by atoms with van der Waals surface area (Å²) >= 11 is 0. The lowest BCUT2D eigenvalue weighted by molar-refractivity contribution is 0.168. The Balaban J connectivity index is 1.85. The summed E-state index contributed by atoms with van der Waals surface area (Å²) < 4.78 is 4.35. The molecule has 1 aliphatic heterocycles. The molecule has 0 saturated carbocycles. The van der Waals surface area contributed by atoms with Gasteiger partial charge in [0.15, 0.2) is 5.82 Å². The molecule has 0 amide bonds. The van der Waals surface area contributed by atoms with E-state index in [1.165, 1.54) is 12.8 Å². The highest BCUT2D eigenvalue weighted by Crippen LogP contribution is 2.20. The average molecular weight is 374 g/mol. The zero-order valence-corrected chi connectivity index (χ0v) is 17.8. The second-order valence-electron chi connectivity index (χ2n) is 8.27. The maximum atomic E-state index is 4.62. The Morgan fingerprint density at radius 3 is 2.26 bits per heavy atom. The summed E-state index contributed by atoms with van der Waals surface area (Å²) in [5.74, 6) is 2.02. The van der Waals surface area contributed by atoms with Crippen molar-refractivity contribution >= 4 is 5.95 Å². The second-order valence-corrected chi connectivity index (χ2v) is 8.27. The molecular formula is C20H35N7. The van der Waals surface area contributed by atoms with Crippen LogP contribution in [0.15, 0.2) is 6.07 Å². The fourth-order valence-corrected chi connectivity index (χ4v) is 4.12. The first-order valence-electron chi connectivity index (χ1n) is 10.3. The summed E-state index contributed by atoms with van der Waals surface area (Å²) in [5.41, 5.74) is 2.21. The van der Waals surface area contributed by atoms with Crippen molar-refractivity contribution in [1.29, 1.82) is 0 Å². The average Bonchev–Trinajstić information content (AvgIpc) is 3.29. The predicted molar refractivity (Wildman–Crippen MR) is 109 cm³/mol. The van der Waals surface area contributed by atoms with Gasteiger partial charge in [0.25, 0.3) is 0 Å². The maximum Gasteiger partial charge on any atom is 0.227 e. The smallest absolute Gasteiger partial charge is 0.227 e. The van der Waals surface area contributed by atoms with Crippen molar-refractivity contribution in [3.63, 3.8) is 0 Å². The summed E-state index contributed by atoms with van der Waals surface area (Å²) in [4.78, 5) is 4.91.